The van der Waals surface area contributed by atoms with E-state index in [0.717, 1.165) is 32.7 Å². The van der Waals surface area contributed by atoms with Crippen molar-refractivity contribution < 1.29 is 9.26 Å². The lowest BCUT2D eigenvalue weighted by molar-refractivity contribution is 0.0883. The third-order valence-corrected chi connectivity index (χ3v) is 3.88. The Morgan fingerprint density at radius 1 is 1.32 bits per heavy atom. The Morgan fingerprint density at radius 3 is 2.95 bits per heavy atom. The predicted octanol–water partition coefficient (Wildman–Crippen LogP) is 1.57. The minimum Gasteiger partial charge on any atom is -0.376 e. The summed E-state index contributed by atoms with van der Waals surface area (Å²) in [6.07, 6.45) is 1.15. The van der Waals surface area contributed by atoms with Crippen molar-refractivity contribution >= 4 is 0 Å². The number of hydrogen-bond acceptors (Lipinski definition) is 6. The number of nitrogens with zero attached hydrogens (tertiary/aromatic N) is 3. The highest BCUT2D eigenvalue weighted by Crippen LogP contribution is 2.18. The summed E-state index contributed by atoms with van der Waals surface area (Å²) in [7, 11) is 0. The zero-order valence-electron chi connectivity index (χ0n) is 12.6. The molecule has 0 bridgehead atoms. The molecule has 22 heavy (non-hydrogen) atoms. The van der Waals surface area contributed by atoms with E-state index in [4.69, 9.17) is 15.0 Å². The number of rotatable bonds is 7. The van der Waals surface area contributed by atoms with Crippen LogP contribution in [0.25, 0.3) is 0 Å². The molecule has 2 aromatic rings. The molecule has 1 aromatic carbocycles. The van der Waals surface area contributed by atoms with Gasteiger partial charge in [0.1, 0.15) is 0 Å². The van der Waals surface area contributed by atoms with Crippen LogP contribution in [-0.4, -0.2) is 34.7 Å². The molecule has 0 aliphatic carbocycles. The van der Waals surface area contributed by atoms with E-state index in [0.29, 0.717) is 30.8 Å². The van der Waals surface area contributed by atoms with E-state index >= 15 is 0 Å². The van der Waals surface area contributed by atoms with Crippen LogP contribution in [-0.2, 0) is 24.4 Å². The van der Waals surface area contributed by atoms with Crippen LogP contribution in [0.5, 0.6) is 0 Å². The van der Waals surface area contributed by atoms with Gasteiger partial charge < -0.3 is 15.0 Å². The fourth-order valence-electron chi connectivity index (χ4n) is 2.75. The van der Waals surface area contributed by atoms with Crippen LogP contribution in [0.3, 0.4) is 0 Å². The molecule has 2 N–H and O–H groups in total. The molecule has 0 radical (unpaired) electrons. The van der Waals surface area contributed by atoms with E-state index in [1.165, 1.54) is 5.56 Å². The van der Waals surface area contributed by atoms with Crippen LogP contribution >= 0.6 is 0 Å². The van der Waals surface area contributed by atoms with E-state index in [-0.39, 0.29) is 0 Å². The van der Waals surface area contributed by atoms with Crippen LogP contribution in [0.4, 0.5) is 0 Å². The Labute approximate surface area is 130 Å². The minimum atomic E-state index is 0.295. The Morgan fingerprint density at radius 2 is 2.18 bits per heavy atom. The molecule has 1 aliphatic heterocycles. The molecule has 1 aliphatic rings. The summed E-state index contributed by atoms with van der Waals surface area (Å²) in [5, 5.41) is 3.94. The van der Waals surface area contributed by atoms with Gasteiger partial charge in [0.25, 0.3) is 0 Å². The summed E-state index contributed by atoms with van der Waals surface area (Å²) in [6, 6.07) is 10.3. The molecule has 3 rings (SSSR count). The Kier molecular flexibility index (Phi) is 5.15. The van der Waals surface area contributed by atoms with Gasteiger partial charge in [-0.15, -0.1) is 0 Å². The van der Waals surface area contributed by atoms with Crippen LogP contribution in [0, 0.1) is 5.92 Å². The van der Waals surface area contributed by atoms with Crippen molar-refractivity contribution in [1.82, 2.24) is 15.0 Å². The first-order valence-corrected chi connectivity index (χ1v) is 7.69. The highest BCUT2D eigenvalue weighted by atomic mass is 16.5. The van der Waals surface area contributed by atoms with E-state index in [1.807, 2.05) is 18.2 Å². The molecule has 1 unspecified atom stereocenters. The predicted molar refractivity (Wildman–Crippen MR) is 81.7 cm³/mol. The zero-order chi connectivity index (χ0) is 15.2. The van der Waals surface area contributed by atoms with Crippen molar-refractivity contribution in [3.8, 4) is 0 Å². The molecular weight excluding hydrogens is 280 g/mol. The first-order valence-electron chi connectivity index (χ1n) is 7.69. The standard InChI is InChI=1S/C16H22N4O2/c17-8-16-18-15(19-22-16)10-20-7-6-14(9-20)12-21-11-13-4-2-1-3-5-13/h1-5,14H,6-12,17H2. The van der Waals surface area contributed by atoms with Crippen LogP contribution < -0.4 is 5.73 Å². The van der Waals surface area contributed by atoms with Crippen LogP contribution in [0.2, 0.25) is 0 Å². The SMILES string of the molecule is NCc1nc(CN2CCC(COCc3ccccc3)C2)no1. The Balaban J connectivity index is 1.38. The van der Waals surface area contributed by atoms with Crippen molar-refractivity contribution in [1.29, 1.82) is 0 Å². The van der Waals surface area contributed by atoms with E-state index < -0.39 is 0 Å². The highest BCUT2D eigenvalue weighted by molar-refractivity contribution is 5.13. The second-order valence-corrected chi connectivity index (χ2v) is 5.70. The molecule has 1 saturated heterocycles. The van der Waals surface area contributed by atoms with Gasteiger partial charge in [-0.25, -0.2) is 0 Å². The van der Waals surface area contributed by atoms with Gasteiger partial charge >= 0.3 is 0 Å². The average molecular weight is 302 g/mol. The zero-order valence-corrected chi connectivity index (χ0v) is 12.6. The largest absolute Gasteiger partial charge is 0.376 e. The maximum absolute atomic E-state index is 5.83. The van der Waals surface area contributed by atoms with Crippen molar-refractivity contribution in [2.24, 2.45) is 11.7 Å². The summed E-state index contributed by atoms with van der Waals surface area (Å²) in [6.45, 7) is 4.56. The normalized spacial score (nSPS) is 18.9. The van der Waals surface area contributed by atoms with Crippen LogP contribution in [0.15, 0.2) is 34.9 Å². The van der Waals surface area contributed by atoms with Crippen molar-refractivity contribution in [3.05, 3.63) is 47.6 Å². The van der Waals surface area contributed by atoms with Crippen LogP contribution in [0.1, 0.15) is 23.7 Å². The van der Waals surface area contributed by atoms with Gasteiger partial charge in [0.05, 0.1) is 26.3 Å². The molecule has 6 heteroatoms. The Bertz CT molecular complexity index is 573. The second-order valence-electron chi connectivity index (χ2n) is 5.70. The number of ether oxygens (including phenoxy) is 1. The lowest BCUT2D eigenvalue weighted by Crippen LogP contribution is -2.22. The molecule has 0 amide bonds. The topological polar surface area (TPSA) is 77.4 Å². The molecule has 1 aromatic heterocycles. The van der Waals surface area contributed by atoms with E-state index in [1.54, 1.807) is 0 Å². The molecular formula is C16H22N4O2. The maximum Gasteiger partial charge on any atom is 0.240 e. The fraction of sp³-hybridized carbons (Fsp3) is 0.500. The van der Waals surface area contributed by atoms with Gasteiger partial charge in [-0.05, 0) is 24.4 Å². The van der Waals surface area contributed by atoms with Gasteiger partial charge in [0.15, 0.2) is 5.82 Å². The Hall–Kier alpha value is -1.76. The summed E-state index contributed by atoms with van der Waals surface area (Å²) in [4.78, 5) is 6.58. The molecule has 6 nitrogen and oxygen atoms in total. The molecule has 2 heterocycles. The lowest BCUT2D eigenvalue weighted by atomic mass is 10.1. The molecule has 1 fully saturated rings. The van der Waals surface area contributed by atoms with Gasteiger partial charge in [0.2, 0.25) is 5.89 Å². The summed E-state index contributed by atoms with van der Waals surface area (Å²) in [5.74, 6) is 1.79. The minimum absolute atomic E-state index is 0.295. The summed E-state index contributed by atoms with van der Waals surface area (Å²) >= 11 is 0. The second kappa shape index (κ2) is 7.49. The highest BCUT2D eigenvalue weighted by Gasteiger charge is 2.23. The number of hydrogen-bond donors (Lipinski definition) is 1. The van der Waals surface area contributed by atoms with Gasteiger partial charge in [0, 0.05) is 6.54 Å². The van der Waals surface area contributed by atoms with Gasteiger partial charge in [-0.2, -0.15) is 4.98 Å². The number of aromatic nitrogens is 2. The average Bonchev–Trinajstić information content (AvgIpc) is 3.18. The molecule has 1 atom stereocenters. The van der Waals surface area contributed by atoms with Gasteiger partial charge in [-0.3, -0.25) is 4.90 Å². The van der Waals surface area contributed by atoms with Crippen molar-refractivity contribution in [2.45, 2.75) is 26.1 Å². The third kappa shape index (κ3) is 4.13. The fourth-order valence-corrected chi connectivity index (χ4v) is 2.75. The lowest BCUT2D eigenvalue weighted by Gasteiger charge is -2.14. The summed E-state index contributed by atoms with van der Waals surface area (Å²) in [5.41, 5.74) is 6.69. The number of likely N-dealkylation sites (tertiary alicyclic amines) is 1. The summed E-state index contributed by atoms with van der Waals surface area (Å²) < 4.78 is 10.9. The van der Waals surface area contributed by atoms with E-state index in [2.05, 4.69) is 27.2 Å². The molecule has 118 valence electrons. The smallest absolute Gasteiger partial charge is 0.240 e. The number of nitrogens with two attached hydrogens (primary N) is 1. The van der Waals surface area contributed by atoms with Crippen molar-refractivity contribution in [2.75, 3.05) is 19.7 Å². The van der Waals surface area contributed by atoms with E-state index in [9.17, 15) is 0 Å². The first-order chi connectivity index (χ1) is 10.8. The maximum atomic E-state index is 5.83. The molecule has 0 saturated carbocycles. The monoisotopic (exact) mass is 302 g/mol. The van der Waals surface area contributed by atoms with Crippen molar-refractivity contribution in [3.63, 3.8) is 0 Å². The third-order valence-electron chi connectivity index (χ3n) is 3.88. The number of benzene rings is 1. The van der Waals surface area contributed by atoms with Gasteiger partial charge in [-0.1, -0.05) is 35.5 Å². The quantitative estimate of drug-likeness (QED) is 0.836. The molecule has 0 spiro atoms. The first kappa shape index (κ1) is 15.1.